The minimum absolute atomic E-state index is 0.232. The van der Waals surface area contributed by atoms with Crippen molar-refractivity contribution in [1.29, 1.82) is 0 Å². The number of ether oxygens (including phenoxy) is 2. The van der Waals surface area contributed by atoms with Crippen molar-refractivity contribution < 1.29 is 19.1 Å². The highest BCUT2D eigenvalue weighted by molar-refractivity contribution is 6.31. The second-order valence-electron chi connectivity index (χ2n) is 10.1. The Labute approximate surface area is 223 Å². The van der Waals surface area contributed by atoms with E-state index in [0.29, 0.717) is 36.0 Å². The van der Waals surface area contributed by atoms with Crippen LogP contribution >= 0.6 is 23.2 Å². The van der Waals surface area contributed by atoms with Crippen molar-refractivity contribution in [2.24, 2.45) is 0 Å². The maximum Gasteiger partial charge on any atom is 0.306 e. The van der Waals surface area contributed by atoms with E-state index in [9.17, 15) is 9.59 Å². The van der Waals surface area contributed by atoms with Crippen molar-refractivity contribution in [2.75, 3.05) is 26.2 Å². The molecule has 194 valence electrons. The molecule has 0 spiro atoms. The number of hydrogen-bond donors (Lipinski definition) is 2. The molecule has 8 heteroatoms. The first kappa shape index (κ1) is 26.9. The molecule has 0 radical (unpaired) electrons. The molecule has 0 amide bonds. The first-order valence-corrected chi connectivity index (χ1v) is 13.4. The summed E-state index contributed by atoms with van der Waals surface area (Å²) >= 11 is 12.5. The minimum Gasteiger partial charge on any atom is -0.453 e. The molecule has 0 aliphatic carbocycles. The molecule has 0 aromatic heterocycles. The number of nitrogens with one attached hydrogen (secondary N) is 2. The van der Waals surface area contributed by atoms with E-state index in [4.69, 9.17) is 32.7 Å². The first-order valence-electron chi connectivity index (χ1n) is 12.6. The van der Waals surface area contributed by atoms with Gasteiger partial charge in [-0.3, -0.25) is 9.59 Å². The Morgan fingerprint density at radius 3 is 1.61 bits per heavy atom. The molecular formula is C28H34Cl2N2O4. The molecule has 2 N–H and O–H groups in total. The van der Waals surface area contributed by atoms with Crippen molar-refractivity contribution >= 4 is 35.1 Å². The molecule has 0 saturated heterocycles. The van der Waals surface area contributed by atoms with Crippen LogP contribution in [0.1, 0.15) is 61.8 Å². The molecule has 0 bridgehead atoms. The summed E-state index contributed by atoms with van der Waals surface area (Å²) in [5, 5.41) is 7.96. The maximum atomic E-state index is 12.7. The van der Waals surface area contributed by atoms with Gasteiger partial charge in [-0.25, -0.2) is 0 Å². The zero-order valence-corrected chi connectivity index (χ0v) is 22.4. The number of carbonyl (C=O) groups is 2. The van der Waals surface area contributed by atoms with E-state index in [2.05, 4.69) is 10.6 Å². The van der Waals surface area contributed by atoms with Gasteiger partial charge in [0.15, 0.2) is 0 Å². The summed E-state index contributed by atoms with van der Waals surface area (Å²) in [6.45, 7) is 6.51. The number of esters is 2. The van der Waals surface area contributed by atoms with Gasteiger partial charge in [0.1, 0.15) is 11.2 Å². The van der Waals surface area contributed by atoms with Gasteiger partial charge in [0.2, 0.25) is 0 Å². The number of fused-ring (bicyclic) bond motifs is 2. The fourth-order valence-electron chi connectivity index (χ4n) is 5.13. The van der Waals surface area contributed by atoms with Gasteiger partial charge >= 0.3 is 11.9 Å². The topological polar surface area (TPSA) is 76.7 Å². The van der Waals surface area contributed by atoms with Gasteiger partial charge in [0.05, 0.1) is 0 Å². The summed E-state index contributed by atoms with van der Waals surface area (Å²) in [4.78, 5) is 25.4. The third-order valence-electron chi connectivity index (χ3n) is 7.04. The van der Waals surface area contributed by atoms with Crippen LogP contribution in [0.5, 0.6) is 0 Å². The predicted molar refractivity (Wildman–Crippen MR) is 141 cm³/mol. The SMILES string of the molecule is C[C@]1(OC(=O)CCCCC(=O)O[C@@]2(C)CNCCc3ccc(Cl)cc32)CNCCc2ccc(Cl)cc21. The van der Waals surface area contributed by atoms with E-state index in [1.165, 1.54) is 0 Å². The van der Waals surface area contributed by atoms with Crippen LogP contribution in [0.2, 0.25) is 10.0 Å². The van der Waals surface area contributed by atoms with E-state index >= 15 is 0 Å². The zero-order chi connectivity index (χ0) is 25.8. The van der Waals surface area contributed by atoms with Gasteiger partial charge in [-0.15, -0.1) is 0 Å². The molecule has 2 heterocycles. The Bertz CT molecular complexity index is 1040. The zero-order valence-electron chi connectivity index (χ0n) is 20.9. The summed E-state index contributed by atoms with van der Waals surface area (Å²) in [6.07, 6.45) is 3.25. The Hall–Kier alpha value is -2.12. The van der Waals surface area contributed by atoms with Crippen molar-refractivity contribution in [1.82, 2.24) is 10.6 Å². The normalized spacial score (nSPS) is 23.6. The highest BCUT2D eigenvalue weighted by Gasteiger charge is 2.36. The lowest BCUT2D eigenvalue weighted by Crippen LogP contribution is -2.39. The van der Waals surface area contributed by atoms with Crippen LogP contribution in [-0.2, 0) is 43.1 Å². The van der Waals surface area contributed by atoms with Crippen LogP contribution in [0.15, 0.2) is 36.4 Å². The first-order chi connectivity index (χ1) is 17.2. The predicted octanol–water partition coefficient (Wildman–Crippen LogP) is 5.06. The minimum atomic E-state index is -0.789. The molecule has 2 aliphatic rings. The molecule has 0 fully saturated rings. The van der Waals surface area contributed by atoms with Crippen LogP contribution in [-0.4, -0.2) is 38.1 Å². The van der Waals surface area contributed by atoms with Gasteiger partial charge in [-0.05, 0) is 88.0 Å². The largest absolute Gasteiger partial charge is 0.453 e. The van der Waals surface area contributed by atoms with Gasteiger partial charge in [0, 0.05) is 47.1 Å². The van der Waals surface area contributed by atoms with Gasteiger partial charge in [-0.1, -0.05) is 35.3 Å². The van der Waals surface area contributed by atoms with Crippen molar-refractivity contribution in [3.63, 3.8) is 0 Å². The lowest BCUT2D eigenvalue weighted by molar-refractivity contribution is -0.161. The van der Waals surface area contributed by atoms with Crippen molar-refractivity contribution in [2.45, 2.75) is 63.6 Å². The van der Waals surface area contributed by atoms with E-state index < -0.39 is 11.2 Å². The van der Waals surface area contributed by atoms with Crippen LogP contribution in [0.4, 0.5) is 0 Å². The molecule has 0 unspecified atom stereocenters. The fraction of sp³-hybridized carbons (Fsp3) is 0.500. The number of carbonyl (C=O) groups excluding carboxylic acids is 2. The van der Waals surface area contributed by atoms with E-state index in [1.54, 1.807) is 0 Å². The van der Waals surface area contributed by atoms with E-state index in [0.717, 1.165) is 48.2 Å². The number of rotatable bonds is 7. The molecule has 2 aliphatic heterocycles. The van der Waals surface area contributed by atoms with E-state index in [-0.39, 0.29) is 24.8 Å². The van der Waals surface area contributed by atoms with Crippen LogP contribution in [0.25, 0.3) is 0 Å². The summed E-state index contributed by atoms with van der Waals surface area (Å²) in [7, 11) is 0. The molecular weight excluding hydrogens is 499 g/mol. The van der Waals surface area contributed by atoms with Crippen LogP contribution < -0.4 is 10.6 Å². The number of unbranched alkanes of at least 4 members (excludes halogenated alkanes) is 1. The molecule has 36 heavy (non-hydrogen) atoms. The number of halogens is 2. The van der Waals surface area contributed by atoms with Crippen molar-refractivity contribution in [3.8, 4) is 0 Å². The summed E-state index contributed by atoms with van der Waals surface area (Å²) in [6, 6.07) is 11.5. The second-order valence-corrected chi connectivity index (χ2v) is 10.9. The molecule has 2 atom stereocenters. The average Bonchev–Trinajstić information content (AvgIpc) is 3.08. The third kappa shape index (κ3) is 6.41. The lowest BCUT2D eigenvalue weighted by Gasteiger charge is -2.31. The lowest BCUT2D eigenvalue weighted by atomic mass is 9.91. The Morgan fingerprint density at radius 2 is 1.19 bits per heavy atom. The van der Waals surface area contributed by atoms with Crippen LogP contribution in [0, 0.1) is 0 Å². The fourth-order valence-corrected chi connectivity index (χ4v) is 5.48. The summed E-state index contributed by atoms with van der Waals surface area (Å²) < 4.78 is 11.9. The van der Waals surface area contributed by atoms with Gasteiger partial charge in [-0.2, -0.15) is 0 Å². The highest BCUT2D eigenvalue weighted by Crippen LogP contribution is 2.34. The third-order valence-corrected chi connectivity index (χ3v) is 7.51. The molecule has 2 aromatic rings. The van der Waals surface area contributed by atoms with Gasteiger partial charge < -0.3 is 20.1 Å². The Morgan fingerprint density at radius 1 is 0.778 bits per heavy atom. The second kappa shape index (κ2) is 11.5. The molecule has 0 saturated carbocycles. The standard InChI is InChI=1S/C28H34Cl2N2O4/c1-27(17-31-13-11-19-7-9-21(29)15-23(19)27)35-25(33)5-3-4-6-26(34)36-28(2)18-32-14-12-20-8-10-22(30)16-24(20)28/h7-10,15-16,31-32H,3-6,11-14,17-18H2,1-2H3/t27-,28-/m0/s1. The Balaban J connectivity index is 1.29. The number of benzene rings is 2. The van der Waals surface area contributed by atoms with Gasteiger partial charge in [0.25, 0.3) is 0 Å². The summed E-state index contributed by atoms with van der Waals surface area (Å²) in [5.74, 6) is -0.576. The number of hydrogen-bond acceptors (Lipinski definition) is 6. The van der Waals surface area contributed by atoms with Crippen LogP contribution in [0.3, 0.4) is 0 Å². The molecule has 6 nitrogen and oxygen atoms in total. The van der Waals surface area contributed by atoms with Crippen molar-refractivity contribution in [3.05, 3.63) is 68.7 Å². The summed E-state index contributed by atoms with van der Waals surface area (Å²) in [5.41, 5.74) is 2.58. The molecule has 4 rings (SSSR count). The quantitative estimate of drug-likeness (QED) is 0.383. The smallest absolute Gasteiger partial charge is 0.306 e. The average molecular weight is 533 g/mol. The maximum absolute atomic E-state index is 12.7. The monoisotopic (exact) mass is 532 g/mol. The molecule has 2 aromatic carbocycles. The van der Waals surface area contributed by atoms with E-state index in [1.807, 2.05) is 50.2 Å². The highest BCUT2D eigenvalue weighted by atomic mass is 35.5. The Kier molecular flexibility index (Phi) is 8.61.